The SMILES string of the molecule is O=C(c1cc(-c2ccco2)nc2c(Cl)cccc12)N1C[C@@H](O)CO1. The monoisotopic (exact) mass is 344 g/mol. The van der Waals surface area contributed by atoms with Gasteiger partial charge in [0.15, 0.2) is 5.76 Å². The van der Waals surface area contributed by atoms with Crippen LogP contribution in [0.5, 0.6) is 0 Å². The Hall–Kier alpha value is -2.41. The fraction of sp³-hybridized carbons (Fsp3) is 0.176. The molecule has 0 bridgehead atoms. The van der Waals surface area contributed by atoms with Crippen LogP contribution in [-0.4, -0.2) is 40.3 Å². The first-order chi connectivity index (χ1) is 11.6. The third-order valence-electron chi connectivity index (χ3n) is 3.82. The summed E-state index contributed by atoms with van der Waals surface area (Å²) in [6.07, 6.45) is 0.852. The van der Waals surface area contributed by atoms with Gasteiger partial charge in [0.25, 0.3) is 5.91 Å². The highest BCUT2D eigenvalue weighted by Gasteiger charge is 2.29. The summed E-state index contributed by atoms with van der Waals surface area (Å²) in [6.45, 7) is 0.222. The number of carbonyl (C=O) groups is 1. The number of nitrogens with zero attached hydrogens (tertiary/aromatic N) is 2. The Kier molecular flexibility index (Phi) is 3.72. The molecular weight excluding hydrogens is 332 g/mol. The molecule has 1 aromatic carbocycles. The van der Waals surface area contributed by atoms with Crippen LogP contribution in [0.25, 0.3) is 22.4 Å². The molecule has 4 rings (SSSR count). The fourth-order valence-corrected chi connectivity index (χ4v) is 2.91. The largest absolute Gasteiger partial charge is 0.463 e. The van der Waals surface area contributed by atoms with Crippen molar-refractivity contribution in [1.82, 2.24) is 10.0 Å². The third kappa shape index (κ3) is 2.54. The number of halogens is 1. The Labute approximate surface area is 142 Å². The number of hydroxylamine groups is 2. The highest BCUT2D eigenvalue weighted by molar-refractivity contribution is 6.35. The van der Waals surface area contributed by atoms with Gasteiger partial charge in [-0.25, -0.2) is 10.0 Å². The normalized spacial score (nSPS) is 17.6. The van der Waals surface area contributed by atoms with Gasteiger partial charge < -0.3 is 9.52 Å². The van der Waals surface area contributed by atoms with E-state index in [1.165, 1.54) is 6.26 Å². The van der Waals surface area contributed by atoms with E-state index in [0.29, 0.717) is 32.9 Å². The maximum Gasteiger partial charge on any atom is 0.278 e. The van der Waals surface area contributed by atoms with Crippen LogP contribution in [0.4, 0.5) is 0 Å². The van der Waals surface area contributed by atoms with Crippen LogP contribution in [0.2, 0.25) is 5.02 Å². The average Bonchev–Trinajstić information content (AvgIpc) is 3.25. The van der Waals surface area contributed by atoms with Gasteiger partial charge >= 0.3 is 0 Å². The van der Waals surface area contributed by atoms with Gasteiger partial charge in [0, 0.05) is 5.39 Å². The van der Waals surface area contributed by atoms with E-state index in [1.807, 2.05) is 0 Å². The van der Waals surface area contributed by atoms with Gasteiger partial charge in [0.1, 0.15) is 18.4 Å². The summed E-state index contributed by atoms with van der Waals surface area (Å²) in [4.78, 5) is 22.6. The molecule has 2 aromatic heterocycles. The molecule has 24 heavy (non-hydrogen) atoms. The minimum Gasteiger partial charge on any atom is -0.463 e. The zero-order valence-electron chi connectivity index (χ0n) is 12.5. The zero-order chi connectivity index (χ0) is 16.7. The van der Waals surface area contributed by atoms with Crippen molar-refractivity contribution in [2.45, 2.75) is 6.10 Å². The summed E-state index contributed by atoms with van der Waals surface area (Å²) in [5.74, 6) is 0.183. The van der Waals surface area contributed by atoms with E-state index in [2.05, 4.69) is 4.98 Å². The standard InChI is InChI=1S/C17H13ClN2O4/c18-13-4-1-3-11-12(17(22)20-8-10(21)9-24-20)7-14(19-16(11)13)15-5-2-6-23-15/h1-7,10,21H,8-9H2/t10-/m1/s1. The van der Waals surface area contributed by atoms with Gasteiger partial charge in [0.05, 0.1) is 28.9 Å². The summed E-state index contributed by atoms with van der Waals surface area (Å²) >= 11 is 6.26. The van der Waals surface area contributed by atoms with Crippen molar-refractivity contribution in [1.29, 1.82) is 0 Å². The highest BCUT2D eigenvalue weighted by atomic mass is 35.5. The molecule has 0 radical (unpaired) electrons. The number of aromatic nitrogens is 1. The molecule has 1 aliphatic rings. The molecule has 1 N–H and O–H groups in total. The first-order valence-corrected chi connectivity index (χ1v) is 7.77. The van der Waals surface area contributed by atoms with E-state index in [9.17, 15) is 9.90 Å². The average molecular weight is 345 g/mol. The quantitative estimate of drug-likeness (QED) is 0.773. The number of rotatable bonds is 2. The molecule has 0 aliphatic carbocycles. The molecule has 3 heterocycles. The molecule has 0 unspecified atom stereocenters. The molecule has 1 atom stereocenters. The Balaban J connectivity index is 1.89. The van der Waals surface area contributed by atoms with Gasteiger partial charge in [-0.15, -0.1) is 0 Å². The number of benzene rings is 1. The smallest absolute Gasteiger partial charge is 0.278 e. The molecule has 0 spiro atoms. The van der Waals surface area contributed by atoms with E-state index in [0.717, 1.165) is 5.06 Å². The van der Waals surface area contributed by atoms with Crippen molar-refractivity contribution in [3.63, 3.8) is 0 Å². The number of aliphatic hydroxyl groups is 1. The second-order valence-electron chi connectivity index (χ2n) is 5.48. The third-order valence-corrected chi connectivity index (χ3v) is 4.13. The molecule has 122 valence electrons. The lowest BCUT2D eigenvalue weighted by Gasteiger charge is -2.16. The van der Waals surface area contributed by atoms with Crippen LogP contribution in [-0.2, 0) is 4.84 Å². The number of hydrogen-bond donors (Lipinski definition) is 1. The van der Waals surface area contributed by atoms with E-state index < -0.39 is 6.10 Å². The second-order valence-corrected chi connectivity index (χ2v) is 5.89. The van der Waals surface area contributed by atoms with Gasteiger partial charge in [-0.05, 0) is 24.3 Å². The molecule has 3 aromatic rings. The number of hydrogen-bond acceptors (Lipinski definition) is 5. The minimum absolute atomic E-state index is 0.0978. The maximum absolute atomic E-state index is 12.8. The number of furan rings is 1. The Morgan fingerprint density at radius 2 is 2.21 bits per heavy atom. The summed E-state index contributed by atoms with van der Waals surface area (Å²) in [5.41, 5.74) is 1.41. The summed E-state index contributed by atoms with van der Waals surface area (Å²) in [5, 5.41) is 11.8. The summed E-state index contributed by atoms with van der Waals surface area (Å²) in [7, 11) is 0. The predicted molar refractivity (Wildman–Crippen MR) is 87.5 cm³/mol. The van der Waals surface area contributed by atoms with Crippen LogP contribution >= 0.6 is 11.6 Å². The Bertz CT molecular complexity index is 910. The van der Waals surface area contributed by atoms with Crippen LogP contribution < -0.4 is 0 Å². The fourth-order valence-electron chi connectivity index (χ4n) is 2.69. The predicted octanol–water partition coefficient (Wildman–Crippen LogP) is 2.90. The molecule has 1 saturated heterocycles. The van der Waals surface area contributed by atoms with Gasteiger partial charge in [-0.3, -0.25) is 9.63 Å². The summed E-state index contributed by atoms with van der Waals surface area (Å²) < 4.78 is 5.38. The Morgan fingerprint density at radius 1 is 1.33 bits per heavy atom. The maximum atomic E-state index is 12.8. The van der Waals surface area contributed by atoms with E-state index >= 15 is 0 Å². The lowest BCUT2D eigenvalue weighted by Crippen LogP contribution is -2.28. The van der Waals surface area contributed by atoms with Crippen molar-refractivity contribution < 1.29 is 19.2 Å². The van der Waals surface area contributed by atoms with E-state index in [4.69, 9.17) is 20.9 Å². The molecule has 1 amide bonds. The molecule has 0 saturated carbocycles. The molecule has 6 nitrogen and oxygen atoms in total. The lowest BCUT2D eigenvalue weighted by atomic mass is 10.1. The summed E-state index contributed by atoms with van der Waals surface area (Å²) in [6, 6.07) is 10.4. The Morgan fingerprint density at radius 3 is 2.92 bits per heavy atom. The van der Waals surface area contributed by atoms with Crippen molar-refractivity contribution >= 4 is 28.4 Å². The van der Waals surface area contributed by atoms with Crippen LogP contribution in [0.15, 0.2) is 47.1 Å². The number of carbonyl (C=O) groups excluding carboxylic acids is 1. The van der Waals surface area contributed by atoms with Gasteiger partial charge in [-0.2, -0.15) is 0 Å². The van der Waals surface area contributed by atoms with Crippen molar-refractivity contribution in [3.05, 3.63) is 53.2 Å². The molecule has 7 heteroatoms. The van der Waals surface area contributed by atoms with Crippen LogP contribution in [0.3, 0.4) is 0 Å². The molecule has 1 fully saturated rings. The van der Waals surface area contributed by atoms with Gasteiger partial charge in [-0.1, -0.05) is 23.7 Å². The van der Waals surface area contributed by atoms with E-state index in [1.54, 1.807) is 36.4 Å². The van der Waals surface area contributed by atoms with Crippen molar-refractivity contribution in [3.8, 4) is 11.5 Å². The van der Waals surface area contributed by atoms with Crippen LogP contribution in [0.1, 0.15) is 10.4 Å². The van der Waals surface area contributed by atoms with Crippen molar-refractivity contribution in [2.24, 2.45) is 0 Å². The van der Waals surface area contributed by atoms with Crippen molar-refractivity contribution in [2.75, 3.05) is 13.2 Å². The number of pyridine rings is 1. The van der Waals surface area contributed by atoms with Gasteiger partial charge in [0.2, 0.25) is 0 Å². The van der Waals surface area contributed by atoms with Crippen LogP contribution in [0, 0.1) is 0 Å². The molecule has 1 aliphatic heterocycles. The highest BCUT2D eigenvalue weighted by Crippen LogP contribution is 2.30. The number of amides is 1. The number of para-hydroxylation sites is 1. The first kappa shape index (κ1) is 15.1. The zero-order valence-corrected chi connectivity index (χ0v) is 13.2. The first-order valence-electron chi connectivity index (χ1n) is 7.39. The number of aliphatic hydroxyl groups excluding tert-OH is 1. The second kappa shape index (κ2) is 5.90. The lowest BCUT2D eigenvalue weighted by molar-refractivity contribution is -0.0778. The number of fused-ring (bicyclic) bond motifs is 1. The topological polar surface area (TPSA) is 75.8 Å². The minimum atomic E-state index is -0.685. The molecular formula is C17H13ClN2O4. The van der Waals surface area contributed by atoms with E-state index in [-0.39, 0.29) is 19.1 Å². The number of β-amino-alcohol motifs (C(OH)–C–C–N with tert-alkyl or cyclic N) is 1.